The van der Waals surface area contributed by atoms with Crippen molar-refractivity contribution in [2.45, 2.75) is 39.7 Å². The van der Waals surface area contributed by atoms with Crippen molar-refractivity contribution in [3.8, 4) is 0 Å². The second kappa shape index (κ2) is 6.92. The summed E-state index contributed by atoms with van der Waals surface area (Å²) in [6, 6.07) is 5.38. The molecule has 0 spiro atoms. The van der Waals surface area contributed by atoms with Crippen molar-refractivity contribution in [3.63, 3.8) is 0 Å². The summed E-state index contributed by atoms with van der Waals surface area (Å²) >= 11 is 0. The Bertz CT molecular complexity index is 468. The number of nitrogens with one attached hydrogen (secondary N) is 1. The molecule has 0 saturated heterocycles. The van der Waals surface area contributed by atoms with Crippen molar-refractivity contribution in [2.24, 2.45) is 0 Å². The highest BCUT2D eigenvalue weighted by Gasteiger charge is 2.16. The first-order valence-corrected chi connectivity index (χ1v) is 6.42. The number of benzene rings is 1. The maximum absolute atomic E-state index is 12.1. The van der Waals surface area contributed by atoms with Crippen LogP contribution in [0.4, 0.5) is 0 Å². The van der Waals surface area contributed by atoms with Crippen LogP contribution in [0.15, 0.2) is 18.2 Å². The lowest BCUT2D eigenvalue weighted by Crippen LogP contribution is -2.36. The number of hydrogen-bond acceptors (Lipinski definition) is 3. The summed E-state index contributed by atoms with van der Waals surface area (Å²) in [5.41, 5.74) is 2.85. The lowest BCUT2D eigenvalue weighted by Gasteiger charge is -2.16. The summed E-state index contributed by atoms with van der Waals surface area (Å²) in [6.07, 6.45) is 0.884. The second-order valence-electron chi connectivity index (χ2n) is 4.66. The zero-order valence-electron chi connectivity index (χ0n) is 11.9. The zero-order chi connectivity index (χ0) is 14.4. The second-order valence-corrected chi connectivity index (χ2v) is 4.66. The van der Waals surface area contributed by atoms with E-state index in [0.29, 0.717) is 12.0 Å². The number of amides is 1. The van der Waals surface area contributed by atoms with Crippen molar-refractivity contribution in [1.82, 2.24) is 5.32 Å². The van der Waals surface area contributed by atoms with Gasteiger partial charge >= 0.3 is 5.97 Å². The first kappa shape index (κ1) is 15.2. The molecule has 0 bridgehead atoms. The van der Waals surface area contributed by atoms with Crippen LogP contribution < -0.4 is 5.32 Å². The molecule has 1 amide bonds. The Kier molecular flexibility index (Phi) is 5.55. The van der Waals surface area contributed by atoms with E-state index in [-0.39, 0.29) is 24.3 Å². The van der Waals surface area contributed by atoms with E-state index in [2.05, 4.69) is 10.1 Å². The van der Waals surface area contributed by atoms with Gasteiger partial charge in [-0.15, -0.1) is 0 Å². The van der Waals surface area contributed by atoms with Crippen LogP contribution in [0, 0.1) is 13.8 Å². The van der Waals surface area contributed by atoms with Gasteiger partial charge in [0.1, 0.15) is 0 Å². The topological polar surface area (TPSA) is 55.4 Å². The molecule has 0 aliphatic rings. The Morgan fingerprint density at radius 2 is 1.95 bits per heavy atom. The minimum Gasteiger partial charge on any atom is -0.469 e. The monoisotopic (exact) mass is 263 g/mol. The predicted octanol–water partition coefficient (Wildman–Crippen LogP) is 2.37. The summed E-state index contributed by atoms with van der Waals surface area (Å²) in [4.78, 5) is 23.3. The van der Waals surface area contributed by atoms with Gasteiger partial charge in [0, 0.05) is 11.6 Å². The Morgan fingerprint density at radius 1 is 1.26 bits per heavy atom. The standard InChI is InChI=1S/C15H21NO3/c1-5-13(9-14(17)19-4)16-15(18)12-7-6-10(2)11(3)8-12/h6-8,13H,5,9H2,1-4H3,(H,16,18). The van der Waals surface area contributed by atoms with Gasteiger partial charge in [-0.05, 0) is 43.5 Å². The van der Waals surface area contributed by atoms with Gasteiger partial charge in [0.25, 0.3) is 5.91 Å². The zero-order valence-corrected chi connectivity index (χ0v) is 11.9. The van der Waals surface area contributed by atoms with Crippen molar-refractivity contribution in [1.29, 1.82) is 0 Å². The van der Waals surface area contributed by atoms with Gasteiger partial charge < -0.3 is 10.1 Å². The minimum absolute atomic E-state index is 0.154. The summed E-state index contributed by atoms with van der Waals surface area (Å²) in [7, 11) is 1.35. The molecule has 1 N–H and O–H groups in total. The van der Waals surface area contributed by atoms with Gasteiger partial charge in [0.2, 0.25) is 0 Å². The summed E-state index contributed by atoms with van der Waals surface area (Å²) in [5, 5.41) is 2.86. The van der Waals surface area contributed by atoms with Gasteiger partial charge in [-0.1, -0.05) is 13.0 Å². The maximum atomic E-state index is 12.1. The molecule has 4 heteroatoms. The van der Waals surface area contributed by atoms with Crippen molar-refractivity contribution in [2.75, 3.05) is 7.11 Å². The quantitative estimate of drug-likeness (QED) is 0.830. The first-order chi connectivity index (χ1) is 8.97. The van der Waals surface area contributed by atoms with Crippen LogP contribution in [-0.2, 0) is 9.53 Å². The van der Waals surface area contributed by atoms with E-state index in [9.17, 15) is 9.59 Å². The van der Waals surface area contributed by atoms with Gasteiger partial charge in [-0.25, -0.2) is 0 Å². The molecule has 0 fully saturated rings. The average molecular weight is 263 g/mol. The van der Waals surface area contributed by atoms with E-state index < -0.39 is 0 Å². The number of carbonyl (C=O) groups excluding carboxylic acids is 2. The molecule has 1 aromatic carbocycles. The van der Waals surface area contributed by atoms with E-state index in [4.69, 9.17) is 0 Å². The van der Waals surface area contributed by atoms with E-state index in [0.717, 1.165) is 11.1 Å². The van der Waals surface area contributed by atoms with E-state index in [1.165, 1.54) is 7.11 Å². The maximum Gasteiger partial charge on any atom is 0.307 e. The predicted molar refractivity (Wildman–Crippen MR) is 74.1 cm³/mol. The molecule has 1 rings (SSSR count). The molecule has 19 heavy (non-hydrogen) atoms. The minimum atomic E-state index is -0.313. The van der Waals surface area contributed by atoms with E-state index >= 15 is 0 Å². The van der Waals surface area contributed by atoms with Crippen molar-refractivity contribution in [3.05, 3.63) is 34.9 Å². The highest BCUT2D eigenvalue weighted by atomic mass is 16.5. The molecule has 0 radical (unpaired) electrons. The highest BCUT2D eigenvalue weighted by Crippen LogP contribution is 2.10. The fourth-order valence-corrected chi connectivity index (χ4v) is 1.73. The summed E-state index contributed by atoms with van der Waals surface area (Å²) < 4.78 is 4.61. The molecular formula is C15H21NO3. The van der Waals surface area contributed by atoms with Gasteiger partial charge in [0.15, 0.2) is 0 Å². The Morgan fingerprint density at radius 3 is 2.47 bits per heavy atom. The van der Waals surface area contributed by atoms with Crippen LogP contribution >= 0.6 is 0 Å². The molecule has 0 aliphatic carbocycles. The molecule has 1 atom stereocenters. The van der Waals surface area contributed by atoms with Crippen LogP contribution in [-0.4, -0.2) is 25.0 Å². The van der Waals surface area contributed by atoms with E-state index in [1.54, 1.807) is 6.07 Å². The molecule has 0 aliphatic heterocycles. The highest BCUT2D eigenvalue weighted by molar-refractivity contribution is 5.94. The number of hydrogen-bond donors (Lipinski definition) is 1. The number of methoxy groups -OCH3 is 1. The van der Waals surface area contributed by atoms with Crippen molar-refractivity contribution >= 4 is 11.9 Å². The number of rotatable bonds is 5. The van der Waals surface area contributed by atoms with Crippen LogP contribution in [0.25, 0.3) is 0 Å². The molecule has 0 saturated carbocycles. The number of ether oxygens (including phenoxy) is 1. The average Bonchev–Trinajstić information content (AvgIpc) is 2.40. The Hall–Kier alpha value is -1.84. The van der Waals surface area contributed by atoms with Crippen LogP contribution in [0.2, 0.25) is 0 Å². The first-order valence-electron chi connectivity index (χ1n) is 6.42. The third-order valence-electron chi connectivity index (χ3n) is 3.24. The summed E-state index contributed by atoms with van der Waals surface area (Å²) in [5.74, 6) is -0.467. The van der Waals surface area contributed by atoms with Gasteiger partial charge in [-0.3, -0.25) is 9.59 Å². The van der Waals surface area contributed by atoms with Crippen LogP contribution in [0.5, 0.6) is 0 Å². The molecule has 1 aromatic rings. The van der Waals surface area contributed by atoms with Gasteiger partial charge in [-0.2, -0.15) is 0 Å². The molecule has 104 valence electrons. The molecular weight excluding hydrogens is 242 g/mol. The lowest BCUT2D eigenvalue weighted by molar-refractivity contribution is -0.141. The lowest BCUT2D eigenvalue weighted by atomic mass is 10.0. The van der Waals surface area contributed by atoms with E-state index in [1.807, 2.05) is 32.9 Å². The fourth-order valence-electron chi connectivity index (χ4n) is 1.73. The Labute approximate surface area is 114 Å². The third-order valence-corrected chi connectivity index (χ3v) is 3.24. The SMILES string of the molecule is CCC(CC(=O)OC)NC(=O)c1ccc(C)c(C)c1. The number of esters is 1. The third kappa shape index (κ3) is 4.39. The fraction of sp³-hybridized carbons (Fsp3) is 0.467. The number of carbonyl (C=O) groups is 2. The summed E-state index contributed by atoms with van der Waals surface area (Å²) in [6.45, 7) is 5.90. The Balaban J connectivity index is 2.71. The van der Waals surface area contributed by atoms with Crippen LogP contribution in [0.3, 0.4) is 0 Å². The molecule has 0 heterocycles. The van der Waals surface area contributed by atoms with Crippen LogP contribution in [0.1, 0.15) is 41.3 Å². The molecule has 1 unspecified atom stereocenters. The largest absolute Gasteiger partial charge is 0.469 e. The molecule has 4 nitrogen and oxygen atoms in total. The van der Waals surface area contributed by atoms with Crippen molar-refractivity contribution < 1.29 is 14.3 Å². The van der Waals surface area contributed by atoms with Gasteiger partial charge in [0.05, 0.1) is 13.5 Å². The smallest absolute Gasteiger partial charge is 0.307 e. The number of aryl methyl sites for hydroxylation is 2. The molecule has 0 aromatic heterocycles. The normalized spacial score (nSPS) is 11.8.